The van der Waals surface area contributed by atoms with Gasteiger partial charge in [0.25, 0.3) is 0 Å². The van der Waals surface area contributed by atoms with Crippen LogP contribution in [0.4, 0.5) is 10.6 Å². The average Bonchev–Trinajstić information content (AvgIpc) is 3.08. The summed E-state index contributed by atoms with van der Waals surface area (Å²) in [5.41, 5.74) is 1.00. The average molecular weight is 350 g/mol. The first-order valence-corrected chi connectivity index (χ1v) is 9.86. The number of urea groups is 1. The van der Waals surface area contributed by atoms with Crippen LogP contribution in [-0.4, -0.2) is 64.6 Å². The number of nitrogens with one attached hydrogen (secondary N) is 1. The Hall–Kier alpha value is -1.50. The molecule has 0 saturated carbocycles. The molecule has 24 heavy (non-hydrogen) atoms. The lowest BCUT2D eigenvalue weighted by Crippen LogP contribution is -2.50. The Bertz CT molecular complexity index is 562. The first kappa shape index (κ1) is 17.3. The third-order valence-electron chi connectivity index (χ3n) is 4.87. The fourth-order valence-corrected chi connectivity index (χ4v) is 4.65. The maximum Gasteiger partial charge on any atom is 0.317 e. The molecule has 3 rings (SSSR count). The molecule has 1 aromatic heterocycles. The second-order valence-corrected chi connectivity index (χ2v) is 7.90. The molecule has 2 aliphatic heterocycles. The van der Waals surface area contributed by atoms with E-state index in [0.717, 1.165) is 55.4 Å². The van der Waals surface area contributed by atoms with Crippen LogP contribution in [0.25, 0.3) is 0 Å². The van der Waals surface area contributed by atoms with Crippen molar-refractivity contribution in [3.63, 3.8) is 0 Å². The predicted octanol–water partition coefficient (Wildman–Crippen LogP) is 2.21. The van der Waals surface area contributed by atoms with E-state index in [9.17, 15) is 4.79 Å². The zero-order chi connectivity index (χ0) is 17.1. The number of rotatable bonds is 3. The molecule has 2 fully saturated rings. The monoisotopic (exact) mass is 349 g/mol. The van der Waals surface area contributed by atoms with Crippen molar-refractivity contribution in [1.82, 2.24) is 20.2 Å². The fraction of sp³-hybridized carbons (Fsp3) is 0.706. The van der Waals surface area contributed by atoms with Gasteiger partial charge in [0.1, 0.15) is 11.6 Å². The Labute approximate surface area is 148 Å². The van der Waals surface area contributed by atoms with Crippen LogP contribution in [0.1, 0.15) is 30.8 Å². The highest BCUT2D eigenvalue weighted by atomic mass is 32.2. The van der Waals surface area contributed by atoms with Crippen LogP contribution >= 0.6 is 11.8 Å². The summed E-state index contributed by atoms with van der Waals surface area (Å²) in [6, 6.07) is 2.77. The second-order valence-electron chi connectivity index (χ2n) is 6.75. The van der Waals surface area contributed by atoms with E-state index in [0.29, 0.717) is 6.04 Å². The number of aromatic nitrogens is 2. The molecule has 2 saturated heterocycles. The van der Waals surface area contributed by atoms with Crippen molar-refractivity contribution in [3.05, 3.63) is 17.6 Å². The largest absolute Gasteiger partial charge is 0.356 e. The number of hydrogen-bond donors (Lipinski definition) is 1. The number of aryl methyl sites for hydroxylation is 2. The topological polar surface area (TPSA) is 61.4 Å². The van der Waals surface area contributed by atoms with Gasteiger partial charge in [0.2, 0.25) is 0 Å². The fourth-order valence-electron chi connectivity index (χ4n) is 3.38. The molecular formula is C17H27N5OS. The molecule has 132 valence electrons. The maximum absolute atomic E-state index is 12.4. The van der Waals surface area contributed by atoms with Crippen LogP contribution in [0, 0.1) is 13.8 Å². The van der Waals surface area contributed by atoms with Gasteiger partial charge in [0.05, 0.1) is 0 Å². The molecule has 0 bridgehead atoms. The Morgan fingerprint density at radius 3 is 2.67 bits per heavy atom. The molecular weight excluding hydrogens is 322 g/mol. The van der Waals surface area contributed by atoms with Gasteiger partial charge in [0, 0.05) is 49.7 Å². The first-order valence-electron chi connectivity index (χ1n) is 8.71. The van der Waals surface area contributed by atoms with Gasteiger partial charge in [-0.1, -0.05) is 0 Å². The lowest BCUT2D eigenvalue weighted by Gasteiger charge is -2.34. The first-order chi connectivity index (χ1) is 11.5. The lowest BCUT2D eigenvalue weighted by atomic mass is 10.1. The smallest absolute Gasteiger partial charge is 0.317 e. The summed E-state index contributed by atoms with van der Waals surface area (Å²) in [5.74, 6) is 4.05. The Morgan fingerprint density at radius 1 is 1.29 bits per heavy atom. The molecule has 2 aliphatic rings. The highest BCUT2D eigenvalue weighted by Crippen LogP contribution is 2.22. The van der Waals surface area contributed by atoms with Gasteiger partial charge >= 0.3 is 6.03 Å². The number of piperidine rings is 1. The molecule has 1 aromatic rings. The summed E-state index contributed by atoms with van der Waals surface area (Å²) >= 11 is 1.93. The molecule has 0 aliphatic carbocycles. The van der Waals surface area contributed by atoms with Gasteiger partial charge in [-0.3, -0.25) is 0 Å². The van der Waals surface area contributed by atoms with Crippen molar-refractivity contribution in [2.75, 3.05) is 36.5 Å². The summed E-state index contributed by atoms with van der Waals surface area (Å²) in [6.07, 6.45) is 3.03. The van der Waals surface area contributed by atoms with E-state index >= 15 is 0 Å². The van der Waals surface area contributed by atoms with Gasteiger partial charge in [-0.05, 0) is 38.9 Å². The molecule has 1 N–H and O–H groups in total. The van der Waals surface area contributed by atoms with E-state index in [2.05, 4.69) is 20.2 Å². The summed E-state index contributed by atoms with van der Waals surface area (Å²) in [7, 11) is 1.92. The quantitative estimate of drug-likeness (QED) is 0.906. The van der Waals surface area contributed by atoms with Crippen molar-refractivity contribution in [2.24, 2.45) is 0 Å². The van der Waals surface area contributed by atoms with Gasteiger partial charge in [0.15, 0.2) is 0 Å². The zero-order valence-electron chi connectivity index (χ0n) is 14.8. The summed E-state index contributed by atoms with van der Waals surface area (Å²) < 4.78 is 0. The van der Waals surface area contributed by atoms with E-state index in [-0.39, 0.29) is 12.1 Å². The third-order valence-corrected chi connectivity index (χ3v) is 6.02. The minimum absolute atomic E-state index is 0.0784. The molecule has 0 aromatic carbocycles. The highest BCUT2D eigenvalue weighted by Gasteiger charge is 2.27. The molecule has 1 unspecified atom stereocenters. The van der Waals surface area contributed by atoms with E-state index in [1.54, 1.807) is 0 Å². The second kappa shape index (κ2) is 7.59. The zero-order valence-corrected chi connectivity index (χ0v) is 15.6. The predicted molar refractivity (Wildman–Crippen MR) is 98.8 cm³/mol. The Balaban J connectivity index is 1.50. The van der Waals surface area contributed by atoms with Crippen LogP contribution in [0.3, 0.4) is 0 Å². The van der Waals surface area contributed by atoms with Gasteiger partial charge in [-0.25, -0.2) is 14.8 Å². The van der Waals surface area contributed by atoms with Crippen molar-refractivity contribution < 1.29 is 4.79 Å². The summed E-state index contributed by atoms with van der Waals surface area (Å²) in [5, 5.41) is 3.21. The summed E-state index contributed by atoms with van der Waals surface area (Å²) in [4.78, 5) is 25.5. The summed E-state index contributed by atoms with van der Waals surface area (Å²) in [6.45, 7) is 5.77. The lowest BCUT2D eigenvalue weighted by molar-refractivity contribution is 0.189. The Kier molecular flexibility index (Phi) is 5.48. The van der Waals surface area contributed by atoms with Crippen LogP contribution in [0.2, 0.25) is 0 Å². The standard InChI is InChI=1S/C17H27N5OS/c1-12-10-16(19-13(2)18-12)22-7-4-14(5-8-22)20-17(23)21(3)15-6-9-24-11-15/h10,14-15H,4-9,11H2,1-3H3,(H,20,23). The van der Waals surface area contributed by atoms with Gasteiger partial charge < -0.3 is 15.1 Å². The number of nitrogens with zero attached hydrogens (tertiary/aromatic N) is 4. The number of carbonyl (C=O) groups excluding carboxylic acids is 1. The maximum atomic E-state index is 12.4. The van der Waals surface area contributed by atoms with E-state index in [1.165, 1.54) is 5.75 Å². The number of carbonyl (C=O) groups is 1. The molecule has 3 heterocycles. The van der Waals surface area contributed by atoms with E-state index < -0.39 is 0 Å². The molecule has 1 atom stereocenters. The highest BCUT2D eigenvalue weighted by molar-refractivity contribution is 7.99. The minimum Gasteiger partial charge on any atom is -0.356 e. The van der Waals surface area contributed by atoms with Crippen LogP contribution in [-0.2, 0) is 0 Å². The number of hydrogen-bond acceptors (Lipinski definition) is 5. The number of amides is 2. The van der Waals surface area contributed by atoms with Gasteiger partial charge in [-0.15, -0.1) is 0 Å². The minimum atomic E-state index is 0.0784. The molecule has 6 nitrogen and oxygen atoms in total. The molecule has 2 amide bonds. The normalized spacial score (nSPS) is 21.8. The number of thioether (sulfide) groups is 1. The van der Waals surface area contributed by atoms with Crippen molar-refractivity contribution >= 4 is 23.6 Å². The van der Waals surface area contributed by atoms with E-state index in [4.69, 9.17) is 0 Å². The van der Waals surface area contributed by atoms with Crippen molar-refractivity contribution in [3.8, 4) is 0 Å². The SMILES string of the molecule is Cc1cc(N2CCC(NC(=O)N(C)C3CCSC3)CC2)nc(C)n1. The van der Waals surface area contributed by atoms with Crippen LogP contribution < -0.4 is 10.2 Å². The van der Waals surface area contributed by atoms with Gasteiger partial charge in [-0.2, -0.15) is 11.8 Å². The van der Waals surface area contributed by atoms with Crippen LogP contribution in [0.5, 0.6) is 0 Å². The van der Waals surface area contributed by atoms with Crippen molar-refractivity contribution in [1.29, 1.82) is 0 Å². The number of anilines is 1. The van der Waals surface area contributed by atoms with E-state index in [1.807, 2.05) is 43.6 Å². The third kappa shape index (κ3) is 4.12. The molecule has 0 radical (unpaired) electrons. The van der Waals surface area contributed by atoms with Crippen molar-refractivity contribution in [2.45, 2.75) is 45.2 Å². The Morgan fingerprint density at radius 2 is 2.04 bits per heavy atom. The van der Waals surface area contributed by atoms with Crippen LogP contribution in [0.15, 0.2) is 6.07 Å². The molecule has 0 spiro atoms. The molecule has 7 heteroatoms.